The molecule has 1 unspecified atom stereocenters. The maximum atomic E-state index is 12.9. The molecule has 128 valence electrons. The van der Waals surface area contributed by atoms with Gasteiger partial charge in [-0.15, -0.1) is 0 Å². The maximum Gasteiger partial charge on any atom is 0.335 e. The van der Waals surface area contributed by atoms with E-state index < -0.39 is 12.0 Å². The second kappa shape index (κ2) is 6.76. The molecule has 1 heterocycles. The number of hydrogen-bond donors (Lipinski definition) is 1. The van der Waals surface area contributed by atoms with Crippen molar-refractivity contribution in [2.75, 3.05) is 16.3 Å². The third kappa shape index (κ3) is 3.10. The largest absolute Gasteiger partial charge is 0.478 e. The van der Waals surface area contributed by atoms with Crippen molar-refractivity contribution < 1.29 is 19.5 Å². The maximum absolute atomic E-state index is 12.9. The fourth-order valence-corrected chi connectivity index (χ4v) is 3.09. The lowest BCUT2D eigenvalue weighted by Gasteiger charge is -2.28. The molecule has 2 aromatic carbocycles. The molecule has 0 aliphatic carbocycles. The molecule has 1 saturated heterocycles. The number of nitrogens with zero attached hydrogens (tertiary/aromatic N) is 2. The molecule has 0 aromatic heterocycles. The Balaban J connectivity index is 1.88. The normalized spacial score (nSPS) is 17.0. The number of para-hydroxylation sites is 1. The first kappa shape index (κ1) is 16.7. The molecule has 25 heavy (non-hydrogen) atoms. The number of carboxylic acid groups (broad SMARTS) is 1. The van der Waals surface area contributed by atoms with Crippen molar-refractivity contribution >= 4 is 29.2 Å². The molecule has 6 heteroatoms. The van der Waals surface area contributed by atoms with Crippen molar-refractivity contribution in [1.29, 1.82) is 0 Å². The van der Waals surface area contributed by atoms with Gasteiger partial charge in [-0.1, -0.05) is 18.2 Å². The Hall–Kier alpha value is -3.15. The lowest BCUT2D eigenvalue weighted by Crippen LogP contribution is -2.42. The molecule has 1 aliphatic rings. The molecule has 0 bridgehead atoms. The molecular weight excluding hydrogens is 320 g/mol. The molecule has 1 N–H and O–H groups in total. The zero-order chi connectivity index (χ0) is 18.0. The van der Waals surface area contributed by atoms with Crippen LogP contribution in [-0.4, -0.2) is 35.5 Å². The second-order valence-corrected chi connectivity index (χ2v) is 5.76. The number of benzene rings is 2. The Morgan fingerprint density at radius 1 is 1.12 bits per heavy atom. The minimum Gasteiger partial charge on any atom is -0.478 e. The van der Waals surface area contributed by atoms with E-state index in [9.17, 15) is 14.4 Å². The lowest BCUT2D eigenvalue weighted by molar-refractivity contribution is -0.121. The Kier molecular flexibility index (Phi) is 4.52. The summed E-state index contributed by atoms with van der Waals surface area (Å²) in [5, 5.41) is 8.96. The van der Waals surface area contributed by atoms with Gasteiger partial charge in [-0.05, 0) is 43.3 Å². The molecular formula is C19H18N2O4. The number of anilines is 2. The summed E-state index contributed by atoms with van der Waals surface area (Å²) in [5.41, 5.74) is 1.39. The van der Waals surface area contributed by atoms with Crippen LogP contribution in [0.15, 0.2) is 54.6 Å². The first-order valence-electron chi connectivity index (χ1n) is 8.04. The van der Waals surface area contributed by atoms with Crippen LogP contribution in [0.1, 0.15) is 23.7 Å². The SMILES string of the molecule is CCN(c1ccccc1)C1CC(=O)N(c2ccc(C(=O)O)cc2)C1=O. The van der Waals surface area contributed by atoms with Crippen molar-refractivity contribution in [1.82, 2.24) is 0 Å². The van der Waals surface area contributed by atoms with Crippen LogP contribution >= 0.6 is 0 Å². The van der Waals surface area contributed by atoms with Crippen molar-refractivity contribution in [3.05, 3.63) is 60.2 Å². The van der Waals surface area contributed by atoms with Gasteiger partial charge in [0.2, 0.25) is 5.91 Å². The fraction of sp³-hybridized carbons (Fsp3) is 0.211. The molecule has 3 rings (SSSR count). The summed E-state index contributed by atoms with van der Waals surface area (Å²) in [7, 11) is 0. The van der Waals surface area contributed by atoms with Crippen LogP contribution in [0.4, 0.5) is 11.4 Å². The summed E-state index contributed by atoms with van der Waals surface area (Å²) < 4.78 is 0. The van der Waals surface area contributed by atoms with Gasteiger partial charge in [0.05, 0.1) is 17.7 Å². The highest BCUT2D eigenvalue weighted by Gasteiger charge is 2.42. The van der Waals surface area contributed by atoms with Crippen molar-refractivity contribution in [3.63, 3.8) is 0 Å². The van der Waals surface area contributed by atoms with Gasteiger partial charge < -0.3 is 10.0 Å². The van der Waals surface area contributed by atoms with Crippen molar-refractivity contribution in [2.45, 2.75) is 19.4 Å². The molecule has 2 aromatic rings. The van der Waals surface area contributed by atoms with Crippen molar-refractivity contribution in [3.8, 4) is 0 Å². The van der Waals surface area contributed by atoms with E-state index in [1.54, 1.807) is 0 Å². The number of carbonyl (C=O) groups is 3. The van der Waals surface area contributed by atoms with Gasteiger partial charge in [-0.25, -0.2) is 9.69 Å². The monoisotopic (exact) mass is 338 g/mol. The summed E-state index contributed by atoms with van der Waals surface area (Å²) >= 11 is 0. The van der Waals surface area contributed by atoms with Crippen LogP contribution < -0.4 is 9.80 Å². The van der Waals surface area contributed by atoms with Crippen LogP contribution in [0, 0.1) is 0 Å². The van der Waals surface area contributed by atoms with Gasteiger partial charge in [-0.3, -0.25) is 9.59 Å². The predicted molar refractivity (Wildman–Crippen MR) is 93.8 cm³/mol. The first-order chi connectivity index (χ1) is 12.0. The number of rotatable bonds is 5. The Morgan fingerprint density at radius 3 is 2.32 bits per heavy atom. The Labute approximate surface area is 145 Å². The predicted octanol–water partition coefficient (Wildman–Crippen LogP) is 2.54. The third-order valence-corrected chi connectivity index (χ3v) is 4.30. The van der Waals surface area contributed by atoms with Gasteiger partial charge in [0.25, 0.3) is 5.91 Å². The summed E-state index contributed by atoms with van der Waals surface area (Å²) in [5.74, 6) is -1.63. The molecule has 0 saturated carbocycles. The third-order valence-electron chi connectivity index (χ3n) is 4.30. The summed E-state index contributed by atoms with van der Waals surface area (Å²) in [6.45, 7) is 2.54. The lowest BCUT2D eigenvalue weighted by atomic mass is 10.1. The number of hydrogen-bond acceptors (Lipinski definition) is 4. The number of amides is 2. The summed E-state index contributed by atoms with van der Waals surface area (Å²) in [6.07, 6.45) is 0.0995. The highest BCUT2D eigenvalue weighted by atomic mass is 16.4. The van der Waals surface area contributed by atoms with E-state index in [1.165, 1.54) is 24.3 Å². The number of likely N-dealkylation sites (N-methyl/N-ethyl adjacent to an activating group) is 1. The minimum absolute atomic E-state index is 0.0995. The highest BCUT2D eigenvalue weighted by molar-refractivity contribution is 6.23. The van der Waals surface area contributed by atoms with Crippen LogP contribution in [-0.2, 0) is 9.59 Å². The van der Waals surface area contributed by atoms with E-state index in [1.807, 2.05) is 42.2 Å². The summed E-state index contributed by atoms with van der Waals surface area (Å²) in [6, 6.07) is 14.7. The molecule has 1 fully saturated rings. The number of carbonyl (C=O) groups excluding carboxylic acids is 2. The smallest absolute Gasteiger partial charge is 0.335 e. The number of aromatic carboxylic acids is 1. The quantitative estimate of drug-likeness (QED) is 0.848. The second-order valence-electron chi connectivity index (χ2n) is 5.76. The van der Waals surface area contributed by atoms with Gasteiger partial charge in [-0.2, -0.15) is 0 Å². The Bertz CT molecular complexity index is 802. The van der Waals surface area contributed by atoms with E-state index in [0.717, 1.165) is 10.6 Å². The standard InChI is InChI=1S/C19H18N2O4/c1-2-20(14-6-4-3-5-7-14)16-12-17(22)21(18(16)23)15-10-8-13(9-11-15)19(24)25/h3-11,16H,2,12H2,1H3,(H,24,25). The zero-order valence-electron chi connectivity index (χ0n) is 13.8. The van der Waals surface area contributed by atoms with E-state index >= 15 is 0 Å². The van der Waals surface area contributed by atoms with Crippen LogP contribution in [0.25, 0.3) is 0 Å². The molecule has 0 radical (unpaired) electrons. The zero-order valence-corrected chi connectivity index (χ0v) is 13.8. The average molecular weight is 338 g/mol. The van der Waals surface area contributed by atoms with Gasteiger partial charge in [0, 0.05) is 12.2 Å². The Morgan fingerprint density at radius 2 is 1.76 bits per heavy atom. The number of imide groups is 1. The average Bonchev–Trinajstić information content (AvgIpc) is 2.91. The van der Waals surface area contributed by atoms with E-state index in [4.69, 9.17) is 5.11 Å². The topological polar surface area (TPSA) is 77.9 Å². The van der Waals surface area contributed by atoms with Crippen LogP contribution in [0.2, 0.25) is 0 Å². The van der Waals surface area contributed by atoms with Gasteiger partial charge in [0.15, 0.2) is 0 Å². The van der Waals surface area contributed by atoms with Crippen LogP contribution in [0.5, 0.6) is 0 Å². The number of carboxylic acids is 1. The summed E-state index contributed by atoms with van der Waals surface area (Å²) in [4.78, 5) is 39.3. The van der Waals surface area contributed by atoms with Gasteiger partial charge >= 0.3 is 5.97 Å². The minimum atomic E-state index is -1.05. The highest BCUT2D eigenvalue weighted by Crippen LogP contribution is 2.28. The molecule has 1 aliphatic heterocycles. The molecule has 2 amide bonds. The first-order valence-corrected chi connectivity index (χ1v) is 8.04. The molecule has 1 atom stereocenters. The molecule has 6 nitrogen and oxygen atoms in total. The fourth-order valence-electron chi connectivity index (χ4n) is 3.09. The van der Waals surface area contributed by atoms with Crippen LogP contribution in [0.3, 0.4) is 0 Å². The van der Waals surface area contributed by atoms with Gasteiger partial charge in [0.1, 0.15) is 6.04 Å². The van der Waals surface area contributed by atoms with Crippen molar-refractivity contribution in [2.24, 2.45) is 0 Å². The molecule has 0 spiro atoms. The van der Waals surface area contributed by atoms with E-state index in [0.29, 0.717) is 12.2 Å². The van der Waals surface area contributed by atoms with E-state index in [-0.39, 0.29) is 23.8 Å². The van der Waals surface area contributed by atoms with E-state index in [2.05, 4.69) is 0 Å².